The number of likely N-dealkylation sites (N-methyl/N-ethyl adjacent to an activating group) is 1. The number of aromatic nitrogens is 3. The van der Waals surface area contributed by atoms with Crippen molar-refractivity contribution >= 4 is 5.91 Å². The van der Waals surface area contributed by atoms with Gasteiger partial charge < -0.3 is 14.7 Å². The van der Waals surface area contributed by atoms with Crippen LogP contribution in [0.4, 0.5) is 0 Å². The maximum atomic E-state index is 13.6. The van der Waals surface area contributed by atoms with E-state index in [-0.39, 0.29) is 30.6 Å². The van der Waals surface area contributed by atoms with Crippen LogP contribution in [0, 0.1) is 12.8 Å². The fourth-order valence-electron chi connectivity index (χ4n) is 4.46. The zero-order valence-corrected chi connectivity index (χ0v) is 20.8. The van der Waals surface area contributed by atoms with Gasteiger partial charge in [-0.2, -0.15) is 0 Å². The highest BCUT2D eigenvalue weighted by Crippen LogP contribution is 2.31. The number of amides is 1. The predicted molar refractivity (Wildman–Crippen MR) is 134 cm³/mol. The Balaban J connectivity index is 1.67. The number of aliphatic hydroxyl groups is 1. The zero-order valence-electron chi connectivity index (χ0n) is 20.8. The van der Waals surface area contributed by atoms with Crippen molar-refractivity contribution in [2.45, 2.75) is 39.5 Å². The van der Waals surface area contributed by atoms with Gasteiger partial charge in [-0.25, -0.2) is 15.0 Å². The lowest BCUT2D eigenvalue weighted by Crippen LogP contribution is -2.49. The molecule has 8 heteroatoms. The van der Waals surface area contributed by atoms with Crippen LogP contribution in [0.25, 0.3) is 11.1 Å². The Morgan fingerprint density at radius 2 is 1.94 bits per heavy atom. The molecule has 8 nitrogen and oxygen atoms in total. The molecule has 1 aliphatic heterocycles. The number of rotatable bonds is 7. The molecule has 0 radical (unpaired) electrons. The fourth-order valence-corrected chi connectivity index (χ4v) is 4.46. The van der Waals surface area contributed by atoms with Crippen LogP contribution >= 0.6 is 0 Å². The number of aliphatic hydroxyl groups excluding tert-OH is 1. The Hall–Kier alpha value is -3.36. The van der Waals surface area contributed by atoms with E-state index in [4.69, 9.17) is 4.74 Å². The molecular weight excluding hydrogens is 442 g/mol. The van der Waals surface area contributed by atoms with Crippen LogP contribution in [0.2, 0.25) is 0 Å². The Labute approximate surface area is 206 Å². The molecule has 0 aliphatic carbocycles. The maximum Gasteiger partial charge on any atom is 0.259 e. The zero-order chi connectivity index (χ0) is 24.9. The molecule has 1 aliphatic rings. The molecule has 184 valence electrons. The highest BCUT2D eigenvalue weighted by atomic mass is 16.5. The molecule has 3 heterocycles. The van der Waals surface area contributed by atoms with E-state index in [1.165, 1.54) is 6.33 Å². The van der Waals surface area contributed by atoms with Crippen molar-refractivity contribution in [2.75, 3.05) is 26.7 Å². The van der Waals surface area contributed by atoms with Crippen LogP contribution in [0.1, 0.15) is 35.3 Å². The lowest BCUT2D eigenvalue weighted by molar-refractivity contribution is 0.0325. The van der Waals surface area contributed by atoms with Crippen molar-refractivity contribution < 1.29 is 14.6 Å². The molecule has 1 aromatic carbocycles. The van der Waals surface area contributed by atoms with Crippen LogP contribution in [-0.4, -0.2) is 74.7 Å². The second-order valence-electron chi connectivity index (χ2n) is 9.46. The van der Waals surface area contributed by atoms with Gasteiger partial charge in [0.1, 0.15) is 18.0 Å². The molecule has 2 aromatic heterocycles. The van der Waals surface area contributed by atoms with E-state index < -0.39 is 0 Å². The van der Waals surface area contributed by atoms with E-state index in [2.05, 4.69) is 26.8 Å². The number of hydrogen-bond donors (Lipinski definition) is 1. The van der Waals surface area contributed by atoms with Crippen LogP contribution < -0.4 is 4.74 Å². The van der Waals surface area contributed by atoms with E-state index in [9.17, 15) is 9.90 Å². The highest BCUT2D eigenvalue weighted by Gasteiger charge is 2.34. The number of carbonyl (C=O) groups excluding carboxylic acids is 1. The van der Waals surface area contributed by atoms with Gasteiger partial charge in [-0.05, 0) is 38.1 Å². The summed E-state index contributed by atoms with van der Waals surface area (Å²) in [5.41, 5.74) is 4.42. The molecule has 35 heavy (non-hydrogen) atoms. The van der Waals surface area contributed by atoms with Crippen molar-refractivity contribution in [3.63, 3.8) is 0 Å². The first-order valence-corrected chi connectivity index (χ1v) is 11.9. The quantitative estimate of drug-likeness (QED) is 0.561. The third-order valence-corrected chi connectivity index (χ3v) is 6.54. The van der Waals surface area contributed by atoms with Crippen LogP contribution in [0.5, 0.6) is 5.88 Å². The largest absolute Gasteiger partial charge is 0.472 e. The van der Waals surface area contributed by atoms with E-state index in [0.29, 0.717) is 31.1 Å². The van der Waals surface area contributed by atoms with Gasteiger partial charge in [0, 0.05) is 55.3 Å². The number of nitrogens with zero attached hydrogens (tertiary/aromatic N) is 5. The summed E-state index contributed by atoms with van der Waals surface area (Å²) in [5, 5.41) is 9.88. The number of pyridine rings is 1. The van der Waals surface area contributed by atoms with E-state index in [1.54, 1.807) is 23.5 Å². The summed E-state index contributed by atoms with van der Waals surface area (Å²) < 4.78 is 6.42. The molecule has 0 bridgehead atoms. The van der Waals surface area contributed by atoms with Crippen molar-refractivity contribution in [3.8, 4) is 17.0 Å². The number of ether oxygens (including phenoxy) is 1. The molecule has 0 spiro atoms. The van der Waals surface area contributed by atoms with Gasteiger partial charge in [-0.3, -0.25) is 9.69 Å². The average Bonchev–Trinajstić information content (AvgIpc) is 2.86. The van der Waals surface area contributed by atoms with Gasteiger partial charge in [0.05, 0.1) is 12.6 Å². The molecule has 0 saturated carbocycles. The van der Waals surface area contributed by atoms with Crippen LogP contribution in [0.3, 0.4) is 0 Å². The summed E-state index contributed by atoms with van der Waals surface area (Å²) in [6.45, 7) is 7.64. The highest BCUT2D eigenvalue weighted by molar-refractivity contribution is 5.98. The molecule has 1 N–H and O–H groups in total. The number of fused-ring (bicyclic) bond motifs is 1. The Bertz CT molecular complexity index is 1160. The third kappa shape index (κ3) is 5.66. The van der Waals surface area contributed by atoms with Gasteiger partial charge in [-0.15, -0.1) is 0 Å². The number of hydrogen-bond acceptors (Lipinski definition) is 7. The molecule has 3 atom stereocenters. The molecular formula is C27H33N5O3. The van der Waals surface area contributed by atoms with E-state index in [0.717, 1.165) is 22.3 Å². The number of aryl methyl sites for hydroxylation is 1. The Morgan fingerprint density at radius 3 is 2.66 bits per heavy atom. The molecule has 0 unspecified atom stereocenters. The van der Waals surface area contributed by atoms with Gasteiger partial charge in [-0.1, -0.05) is 31.2 Å². The minimum atomic E-state index is -0.321. The smallest absolute Gasteiger partial charge is 0.259 e. The first kappa shape index (κ1) is 24.8. The van der Waals surface area contributed by atoms with Gasteiger partial charge in [0.15, 0.2) is 0 Å². The summed E-state index contributed by atoms with van der Waals surface area (Å²) in [4.78, 5) is 30.4. The second-order valence-corrected chi connectivity index (χ2v) is 9.46. The monoisotopic (exact) mass is 475 g/mol. The standard InChI is InChI=1S/C27H33N5O3/c1-18-7-5-6-8-23(18)22-9-24-26(30-12-22)35-25(15-31(4)14-21-10-28-17-29-11-21)19(2)13-32(27(24)34)20(3)16-33/h5-12,17,19-20,25,33H,13-16H2,1-4H3/t19-,20-,25+/m0/s1. The fraction of sp³-hybridized carbons (Fsp3) is 0.407. The lowest BCUT2D eigenvalue weighted by atomic mass is 9.98. The molecule has 0 fully saturated rings. The summed E-state index contributed by atoms with van der Waals surface area (Å²) in [7, 11) is 2.02. The maximum absolute atomic E-state index is 13.6. The van der Waals surface area contributed by atoms with Gasteiger partial charge >= 0.3 is 0 Å². The van der Waals surface area contributed by atoms with E-state index >= 15 is 0 Å². The normalized spacial score (nSPS) is 19.0. The first-order valence-electron chi connectivity index (χ1n) is 11.9. The Morgan fingerprint density at radius 1 is 1.20 bits per heavy atom. The van der Waals surface area contributed by atoms with Crippen LogP contribution in [0.15, 0.2) is 55.2 Å². The van der Waals surface area contributed by atoms with Crippen molar-refractivity contribution in [1.82, 2.24) is 24.8 Å². The van der Waals surface area contributed by atoms with Gasteiger partial charge in [0.25, 0.3) is 5.91 Å². The Kier molecular flexibility index (Phi) is 7.73. The number of benzene rings is 1. The first-order chi connectivity index (χ1) is 16.9. The molecule has 1 amide bonds. The summed E-state index contributed by atoms with van der Waals surface area (Å²) in [5.74, 6) is 0.174. The summed E-state index contributed by atoms with van der Waals surface area (Å²) in [6, 6.07) is 9.57. The third-order valence-electron chi connectivity index (χ3n) is 6.54. The topological polar surface area (TPSA) is 91.7 Å². The molecule has 0 saturated heterocycles. The van der Waals surface area contributed by atoms with Crippen molar-refractivity contribution in [3.05, 3.63) is 71.9 Å². The van der Waals surface area contributed by atoms with Crippen LogP contribution in [-0.2, 0) is 6.54 Å². The minimum Gasteiger partial charge on any atom is -0.472 e. The van der Waals surface area contributed by atoms with Gasteiger partial charge in [0.2, 0.25) is 5.88 Å². The van der Waals surface area contributed by atoms with Crippen molar-refractivity contribution in [1.29, 1.82) is 0 Å². The minimum absolute atomic E-state index is 0.0217. The lowest BCUT2D eigenvalue weighted by Gasteiger charge is -2.37. The second kappa shape index (κ2) is 10.9. The molecule has 3 aromatic rings. The van der Waals surface area contributed by atoms with Crippen molar-refractivity contribution in [2.24, 2.45) is 5.92 Å². The average molecular weight is 476 g/mol. The number of carbonyl (C=O) groups is 1. The predicted octanol–water partition coefficient (Wildman–Crippen LogP) is 3.20. The summed E-state index contributed by atoms with van der Waals surface area (Å²) in [6.07, 6.45) is 6.69. The van der Waals surface area contributed by atoms with E-state index in [1.807, 2.05) is 51.2 Å². The molecule has 4 rings (SSSR count). The summed E-state index contributed by atoms with van der Waals surface area (Å²) >= 11 is 0. The SMILES string of the molecule is Cc1ccccc1-c1cnc2c(c1)C(=O)N([C@@H](C)CO)C[C@H](C)[C@@H](CN(C)Cc1cncnc1)O2.